The highest BCUT2D eigenvalue weighted by atomic mass is 15.3. The van der Waals surface area contributed by atoms with E-state index < -0.39 is 0 Å². The lowest BCUT2D eigenvalue weighted by molar-refractivity contribution is 0.274. The lowest BCUT2D eigenvalue weighted by Gasteiger charge is -2.27. The van der Waals surface area contributed by atoms with E-state index in [-0.39, 0.29) is 11.4 Å². The topological polar surface area (TPSA) is 80.0 Å². The molecule has 1 atom stereocenters. The molecule has 1 rings (SSSR count). The summed E-state index contributed by atoms with van der Waals surface area (Å²) in [7, 11) is 3.74. The third-order valence-electron chi connectivity index (χ3n) is 3.09. The van der Waals surface area contributed by atoms with Crippen LogP contribution in [0.2, 0.25) is 0 Å². The first kappa shape index (κ1) is 14.5. The van der Waals surface area contributed by atoms with E-state index in [1.807, 2.05) is 14.1 Å². The number of nitrogens with zero attached hydrogens (tertiary/aromatic N) is 4. The van der Waals surface area contributed by atoms with Gasteiger partial charge in [-0.3, -0.25) is 0 Å². The molecule has 0 spiro atoms. The fourth-order valence-electron chi connectivity index (χ4n) is 1.21. The van der Waals surface area contributed by atoms with Gasteiger partial charge in [0.15, 0.2) is 0 Å². The van der Waals surface area contributed by atoms with Crippen LogP contribution in [0.4, 0.5) is 17.8 Å². The average Bonchev–Trinajstić information content (AvgIpc) is 2.23. The lowest BCUT2D eigenvalue weighted by atomic mass is 9.82. The smallest absolute Gasteiger partial charge is 0.231 e. The molecule has 0 aromatic carbocycles. The van der Waals surface area contributed by atoms with Crippen molar-refractivity contribution < 1.29 is 0 Å². The molecular formula is C12H24N6. The second-order valence-electron chi connectivity index (χ2n) is 5.86. The molecule has 0 bridgehead atoms. The maximum absolute atomic E-state index is 5.66. The Bertz CT molecular complexity index is 396. The molecule has 6 nitrogen and oxygen atoms in total. The molecular weight excluding hydrogens is 228 g/mol. The largest absolute Gasteiger partial charge is 0.368 e. The summed E-state index contributed by atoms with van der Waals surface area (Å²) in [6.07, 6.45) is 0. The van der Waals surface area contributed by atoms with Crippen LogP contribution in [0.3, 0.4) is 0 Å². The number of aromatic nitrogens is 3. The summed E-state index contributed by atoms with van der Waals surface area (Å²) in [6, 6.07) is 0. The summed E-state index contributed by atoms with van der Waals surface area (Å²) in [5.41, 5.74) is 5.91. The van der Waals surface area contributed by atoms with Gasteiger partial charge in [0.05, 0.1) is 0 Å². The van der Waals surface area contributed by atoms with E-state index in [4.69, 9.17) is 5.73 Å². The maximum Gasteiger partial charge on any atom is 0.231 e. The molecule has 1 heterocycles. The molecule has 0 saturated carbocycles. The fourth-order valence-corrected chi connectivity index (χ4v) is 1.21. The lowest BCUT2D eigenvalue weighted by Crippen LogP contribution is -2.26. The Morgan fingerprint density at radius 1 is 1.22 bits per heavy atom. The van der Waals surface area contributed by atoms with Crippen LogP contribution in [0.5, 0.6) is 0 Å². The van der Waals surface area contributed by atoms with Crippen molar-refractivity contribution in [2.45, 2.75) is 27.7 Å². The van der Waals surface area contributed by atoms with Crippen LogP contribution in [0.1, 0.15) is 27.7 Å². The normalized spacial score (nSPS) is 13.2. The number of rotatable bonds is 4. The van der Waals surface area contributed by atoms with Crippen LogP contribution in [0.25, 0.3) is 0 Å². The van der Waals surface area contributed by atoms with Crippen LogP contribution in [0, 0.1) is 11.3 Å². The Labute approximate surface area is 109 Å². The van der Waals surface area contributed by atoms with Crippen LogP contribution in [0.15, 0.2) is 0 Å². The van der Waals surface area contributed by atoms with Crippen LogP contribution in [-0.2, 0) is 0 Å². The fraction of sp³-hybridized carbons (Fsp3) is 0.750. The number of hydrogen-bond donors (Lipinski definition) is 2. The maximum atomic E-state index is 5.66. The van der Waals surface area contributed by atoms with Gasteiger partial charge in [-0.05, 0) is 11.3 Å². The van der Waals surface area contributed by atoms with Gasteiger partial charge in [0.1, 0.15) is 0 Å². The van der Waals surface area contributed by atoms with Crippen molar-refractivity contribution in [2.75, 3.05) is 36.6 Å². The van der Waals surface area contributed by atoms with Gasteiger partial charge in [-0.2, -0.15) is 15.0 Å². The van der Waals surface area contributed by atoms with E-state index >= 15 is 0 Å². The van der Waals surface area contributed by atoms with Gasteiger partial charge in [0.25, 0.3) is 0 Å². The van der Waals surface area contributed by atoms with Gasteiger partial charge in [-0.1, -0.05) is 27.7 Å². The van der Waals surface area contributed by atoms with E-state index in [0.29, 0.717) is 17.8 Å². The molecule has 0 aliphatic heterocycles. The van der Waals surface area contributed by atoms with Crippen molar-refractivity contribution >= 4 is 17.8 Å². The number of anilines is 3. The first-order valence-corrected chi connectivity index (χ1v) is 6.13. The molecule has 0 radical (unpaired) electrons. The minimum atomic E-state index is 0.236. The molecule has 18 heavy (non-hydrogen) atoms. The Hall–Kier alpha value is -1.59. The average molecular weight is 252 g/mol. The molecule has 0 amide bonds. The SMILES string of the molecule is CC(CNc1nc(N)nc(N(C)C)n1)C(C)(C)C. The summed E-state index contributed by atoms with van der Waals surface area (Å²) in [4.78, 5) is 14.2. The monoisotopic (exact) mass is 252 g/mol. The zero-order valence-electron chi connectivity index (χ0n) is 12.2. The van der Waals surface area contributed by atoms with Gasteiger partial charge in [0.2, 0.25) is 17.8 Å². The third-order valence-corrected chi connectivity index (χ3v) is 3.09. The molecule has 0 saturated heterocycles. The van der Waals surface area contributed by atoms with Gasteiger partial charge < -0.3 is 16.0 Å². The van der Waals surface area contributed by atoms with Gasteiger partial charge in [-0.15, -0.1) is 0 Å². The van der Waals surface area contributed by atoms with Gasteiger partial charge >= 0.3 is 0 Å². The third kappa shape index (κ3) is 4.01. The van der Waals surface area contributed by atoms with E-state index in [1.165, 1.54) is 0 Å². The zero-order valence-corrected chi connectivity index (χ0v) is 12.2. The predicted molar refractivity (Wildman–Crippen MR) is 75.7 cm³/mol. The second kappa shape index (κ2) is 5.37. The Balaban J connectivity index is 2.73. The van der Waals surface area contributed by atoms with Crippen molar-refractivity contribution in [1.82, 2.24) is 15.0 Å². The Kier molecular flexibility index (Phi) is 4.32. The highest BCUT2D eigenvalue weighted by Crippen LogP contribution is 2.25. The first-order chi connectivity index (χ1) is 8.20. The number of nitrogens with two attached hydrogens (primary N) is 1. The molecule has 1 aromatic heterocycles. The minimum absolute atomic E-state index is 0.236. The molecule has 0 aliphatic rings. The van der Waals surface area contributed by atoms with E-state index in [9.17, 15) is 0 Å². The van der Waals surface area contributed by atoms with Crippen molar-refractivity contribution in [1.29, 1.82) is 0 Å². The molecule has 102 valence electrons. The van der Waals surface area contributed by atoms with Crippen LogP contribution in [-0.4, -0.2) is 35.6 Å². The molecule has 0 fully saturated rings. The second-order valence-corrected chi connectivity index (χ2v) is 5.86. The highest BCUT2D eigenvalue weighted by molar-refractivity contribution is 5.40. The summed E-state index contributed by atoms with van der Waals surface area (Å²) in [5.74, 6) is 1.83. The quantitative estimate of drug-likeness (QED) is 0.847. The number of nitrogen functional groups attached to an aromatic ring is 1. The van der Waals surface area contributed by atoms with E-state index in [2.05, 4.69) is 48.0 Å². The van der Waals surface area contributed by atoms with Crippen LogP contribution >= 0.6 is 0 Å². The van der Waals surface area contributed by atoms with Crippen molar-refractivity contribution in [3.63, 3.8) is 0 Å². The summed E-state index contributed by atoms with van der Waals surface area (Å²) < 4.78 is 0. The molecule has 6 heteroatoms. The van der Waals surface area contributed by atoms with Gasteiger partial charge in [-0.25, -0.2) is 0 Å². The summed E-state index contributed by atoms with van der Waals surface area (Å²) >= 11 is 0. The highest BCUT2D eigenvalue weighted by Gasteiger charge is 2.20. The van der Waals surface area contributed by atoms with Gasteiger partial charge in [0, 0.05) is 20.6 Å². The van der Waals surface area contributed by atoms with Crippen molar-refractivity contribution in [2.24, 2.45) is 11.3 Å². The van der Waals surface area contributed by atoms with Crippen molar-refractivity contribution in [3.8, 4) is 0 Å². The van der Waals surface area contributed by atoms with Crippen molar-refractivity contribution in [3.05, 3.63) is 0 Å². The summed E-state index contributed by atoms with van der Waals surface area (Å²) in [6.45, 7) is 9.65. The predicted octanol–water partition coefficient (Wildman–Crippen LogP) is 1.61. The number of hydrogen-bond acceptors (Lipinski definition) is 6. The molecule has 0 aliphatic carbocycles. The molecule has 1 aromatic rings. The van der Waals surface area contributed by atoms with Crippen LogP contribution < -0.4 is 16.0 Å². The Morgan fingerprint density at radius 2 is 1.83 bits per heavy atom. The summed E-state index contributed by atoms with van der Waals surface area (Å²) in [5, 5.41) is 3.22. The standard InChI is InChI=1S/C12H24N6/c1-8(12(2,3)4)7-14-10-15-9(13)16-11(17-10)18(5)6/h8H,7H2,1-6H3,(H3,13,14,15,16,17). The number of nitrogens with one attached hydrogen (secondary N) is 1. The zero-order chi connectivity index (χ0) is 13.9. The molecule has 3 N–H and O–H groups in total. The Morgan fingerprint density at radius 3 is 2.33 bits per heavy atom. The molecule has 1 unspecified atom stereocenters. The van der Waals surface area contributed by atoms with E-state index in [1.54, 1.807) is 4.90 Å². The minimum Gasteiger partial charge on any atom is -0.368 e. The van der Waals surface area contributed by atoms with E-state index in [0.717, 1.165) is 6.54 Å². The first-order valence-electron chi connectivity index (χ1n) is 6.13.